The van der Waals surface area contributed by atoms with Crippen molar-refractivity contribution in [2.45, 2.75) is 6.92 Å². The summed E-state index contributed by atoms with van der Waals surface area (Å²) in [5, 5.41) is 0. The second-order valence-corrected chi connectivity index (χ2v) is 6.47. The lowest BCUT2D eigenvalue weighted by molar-refractivity contribution is 1.58. The summed E-state index contributed by atoms with van der Waals surface area (Å²) in [5.41, 5.74) is 2.66. The monoisotopic (exact) mass is 370 g/mol. The average molecular weight is 370 g/mol. The van der Waals surface area contributed by atoms with Crippen LogP contribution < -0.4 is 0 Å². The van der Waals surface area contributed by atoms with Crippen LogP contribution in [0.1, 0.15) is 12.5 Å². The van der Waals surface area contributed by atoms with Gasteiger partial charge in [-0.2, -0.15) is 0 Å². The van der Waals surface area contributed by atoms with E-state index in [1.807, 2.05) is 6.07 Å². The number of allylic oxidation sites excluding steroid dienone is 1. The molecule has 0 spiro atoms. The first-order valence-corrected chi connectivity index (χ1v) is 5.45. The molecule has 0 aliphatic heterocycles. The Balaban J connectivity index is 3.04. The van der Waals surface area contributed by atoms with Crippen molar-refractivity contribution in [3.63, 3.8) is 0 Å². The van der Waals surface area contributed by atoms with Crippen molar-refractivity contribution < 1.29 is 0 Å². The number of hydrogen-bond acceptors (Lipinski definition) is 0. The fourth-order valence-corrected chi connectivity index (χ4v) is 1.42. The summed E-state index contributed by atoms with van der Waals surface area (Å²) in [6, 6.07) is 10.4. The van der Waals surface area contributed by atoms with Crippen LogP contribution in [0.3, 0.4) is 0 Å². The zero-order valence-corrected chi connectivity index (χ0v) is 10.5. The normalized spacial score (nSPS) is 9.36. The molecule has 0 heterocycles. The Morgan fingerprint density at radius 2 is 1.64 bits per heavy atom. The van der Waals surface area contributed by atoms with Gasteiger partial charge >= 0.3 is 0 Å². The van der Waals surface area contributed by atoms with Gasteiger partial charge in [-0.3, -0.25) is 0 Å². The van der Waals surface area contributed by atoms with Gasteiger partial charge in [-0.15, -0.1) is 0 Å². The molecule has 0 aliphatic rings. The summed E-state index contributed by atoms with van der Waals surface area (Å²) >= 11 is 4.68. The van der Waals surface area contributed by atoms with E-state index in [9.17, 15) is 0 Å². The maximum Gasteiger partial charge on any atom is 0.0549 e. The van der Waals surface area contributed by atoms with E-state index in [2.05, 4.69) is 76.4 Å². The number of rotatable bonds is 1. The van der Waals surface area contributed by atoms with Crippen molar-refractivity contribution in [1.29, 1.82) is 0 Å². The highest BCUT2D eigenvalue weighted by Gasteiger charge is 1.96. The Bertz CT molecular complexity index is 258. The van der Waals surface area contributed by atoms with Crippen LogP contribution >= 0.6 is 45.2 Å². The van der Waals surface area contributed by atoms with Gasteiger partial charge < -0.3 is 0 Å². The van der Waals surface area contributed by atoms with Gasteiger partial charge in [-0.25, -0.2) is 0 Å². The van der Waals surface area contributed by atoms with E-state index in [0.29, 0.717) is 0 Å². The minimum Gasteiger partial charge on any atom is -0.0622 e. The number of halogens is 2. The van der Waals surface area contributed by atoms with Crippen molar-refractivity contribution in [3.05, 3.63) is 37.5 Å². The molecular weight excluding hydrogens is 362 g/mol. The molecule has 0 N–H and O–H groups in total. The summed E-state index contributed by atoms with van der Waals surface area (Å²) in [6.07, 6.45) is 0. The Kier molecular flexibility index (Phi) is 3.84. The molecule has 58 valence electrons. The average Bonchev–Trinajstić information content (AvgIpc) is 2.05. The second kappa shape index (κ2) is 4.45. The zero-order chi connectivity index (χ0) is 8.27. The maximum absolute atomic E-state index is 2.34. The molecule has 0 amide bonds. The molecule has 11 heavy (non-hydrogen) atoms. The Labute approximate surface area is 94.4 Å². The molecule has 0 atom stereocenters. The summed E-state index contributed by atoms with van der Waals surface area (Å²) in [5.74, 6) is 0. The predicted octanol–water partition coefficient (Wildman–Crippen LogP) is 4.25. The van der Waals surface area contributed by atoms with Gasteiger partial charge in [-0.05, 0) is 63.2 Å². The third-order valence-corrected chi connectivity index (χ3v) is 3.11. The third-order valence-electron chi connectivity index (χ3n) is 1.49. The second-order valence-electron chi connectivity index (χ2n) is 2.25. The van der Waals surface area contributed by atoms with Gasteiger partial charge in [0.15, 0.2) is 0 Å². The maximum atomic E-state index is 2.34. The molecule has 2 heteroatoms. The molecule has 0 aromatic heterocycles. The molecule has 0 aliphatic carbocycles. The highest BCUT2D eigenvalue weighted by atomic mass is 127. The van der Waals surface area contributed by atoms with Gasteiger partial charge in [0.05, 0.1) is 1.59 Å². The lowest BCUT2D eigenvalue weighted by atomic mass is 10.1. The van der Waals surface area contributed by atoms with Gasteiger partial charge in [0.25, 0.3) is 0 Å². The molecule has 1 rings (SSSR count). The lowest BCUT2D eigenvalue weighted by Crippen LogP contribution is -1.76. The molecule has 0 saturated carbocycles. The molecule has 0 unspecified atom stereocenters. The van der Waals surface area contributed by atoms with Crippen molar-refractivity contribution in [1.82, 2.24) is 0 Å². The number of benzene rings is 1. The van der Waals surface area contributed by atoms with E-state index in [-0.39, 0.29) is 0 Å². The van der Waals surface area contributed by atoms with Crippen LogP contribution in [0.15, 0.2) is 31.9 Å². The Morgan fingerprint density at radius 3 is 2.09 bits per heavy atom. The lowest BCUT2D eigenvalue weighted by Gasteiger charge is -1.99. The topological polar surface area (TPSA) is 0 Å². The first-order valence-electron chi connectivity index (χ1n) is 3.29. The van der Waals surface area contributed by atoms with Crippen molar-refractivity contribution in [2.75, 3.05) is 0 Å². The van der Waals surface area contributed by atoms with E-state index in [1.54, 1.807) is 0 Å². The van der Waals surface area contributed by atoms with E-state index in [4.69, 9.17) is 0 Å². The van der Waals surface area contributed by atoms with Crippen LogP contribution in [0.2, 0.25) is 0 Å². The molecule has 0 radical (unpaired) electrons. The highest BCUT2D eigenvalue weighted by molar-refractivity contribution is 14.2. The summed E-state index contributed by atoms with van der Waals surface area (Å²) < 4.78 is 1.33. The molecule has 0 saturated heterocycles. The summed E-state index contributed by atoms with van der Waals surface area (Å²) in [6.45, 7) is 2.14. The molecule has 1 aromatic carbocycles. The number of hydrogen-bond donors (Lipinski definition) is 0. The van der Waals surface area contributed by atoms with Crippen LogP contribution in [0, 0.1) is 0 Å². The fourth-order valence-electron chi connectivity index (χ4n) is 0.797. The van der Waals surface area contributed by atoms with Crippen LogP contribution in [0.4, 0.5) is 0 Å². The zero-order valence-electron chi connectivity index (χ0n) is 6.14. The van der Waals surface area contributed by atoms with E-state index in [1.165, 1.54) is 12.7 Å². The van der Waals surface area contributed by atoms with Gasteiger partial charge in [0.1, 0.15) is 0 Å². The van der Waals surface area contributed by atoms with Crippen molar-refractivity contribution >= 4 is 50.8 Å². The molecule has 1 aromatic rings. The fraction of sp³-hybridized carbons (Fsp3) is 0.111. The SMILES string of the molecule is CC(=C(I)I)c1ccccc1. The summed E-state index contributed by atoms with van der Waals surface area (Å²) in [4.78, 5) is 0. The molecule has 0 nitrogen and oxygen atoms in total. The molecule has 0 fully saturated rings. The van der Waals surface area contributed by atoms with Gasteiger partial charge in [-0.1, -0.05) is 30.3 Å². The predicted molar refractivity (Wildman–Crippen MR) is 67.1 cm³/mol. The molecular formula is C9H8I2. The first kappa shape index (κ1) is 9.51. The van der Waals surface area contributed by atoms with Gasteiger partial charge in [0.2, 0.25) is 0 Å². The third kappa shape index (κ3) is 2.74. The Morgan fingerprint density at radius 1 is 1.09 bits per heavy atom. The van der Waals surface area contributed by atoms with Gasteiger partial charge in [0, 0.05) is 0 Å². The van der Waals surface area contributed by atoms with E-state index >= 15 is 0 Å². The Hall–Kier alpha value is 0.420. The van der Waals surface area contributed by atoms with Crippen molar-refractivity contribution in [3.8, 4) is 0 Å². The molecule has 0 bridgehead atoms. The van der Waals surface area contributed by atoms with Crippen LogP contribution in [-0.4, -0.2) is 0 Å². The minimum absolute atomic E-state index is 1.31. The van der Waals surface area contributed by atoms with Crippen LogP contribution in [-0.2, 0) is 0 Å². The van der Waals surface area contributed by atoms with E-state index < -0.39 is 0 Å². The summed E-state index contributed by atoms with van der Waals surface area (Å²) in [7, 11) is 0. The smallest absolute Gasteiger partial charge is 0.0549 e. The van der Waals surface area contributed by atoms with E-state index in [0.717, 1.165) is 0 Å². The van der Waals surface area contributed by atoms with Crippen LogP contribution in [0.25, 0.3) is 5.57 Å². The van der Waals surface area contributed by atoms with Crippen LogP contribution in [0.5, 0.6) is 0 Å². The first-order chi connectivity index (χ1) is 5.22. The highest BCUT2D eigenvalue weighted by Crippen LogP contribution is 2.27. The quantitative estimate of drug-likeness (QED) is 0.649. The largest absolute Gasteiger partial charge is 0.0622 e. The standard InChI is InChI=1S/C9H8I2/c1-7(9(10)11)8-5-3-2-4-6-8/h2-6H,1H3. The minimum atomic E-state index is 1.31. The van der Waals surface area contributed by atoms with Crippen molar-refractivity contribution in [2.24, 2.45) is 0 Å².